The summed E-state index contributed by atoms with van der Waals surface area (Å²) < 4.78 is 5.46. The van der Waals surface area contributed by atoms with Crippen molar-refractivity contribution in [3.63, 3.8) is 0 Å². The highest BCUT2D eigenvalue weighted by atomic mass is 35.5. The number of hydrogen-bond donors (Lipinski definition) is 2. The smallest absolute Gasteiger partial charge is 0.258 e. The lowest BCUT2D eigenvalue weighted by Gasteiger charge is -2.18. The highest BCUT2D eigenvalue weighted by molar-refractivity contribution is 5.98. The van der Waals surface area contributed by atoms with E-state index in [-0.39, 0.29) is 30.8 Å². The lowest BCUT2D eigenvalue weighted by atomic mass is 9.98. The van der Waals surface area contributed by atoms with E-state index in [4.69, 9.17) is 10.3 Å². The van der Waals surface area contributed by atoms with Gasteiger partial charge in [0.25, 0.3) is 5.89 Å². The quantitative estimate of drug-likeness (QED) is 0.803. The summed E-state index contributed by atoms with van der Waals surface area (Å²) in [6.07, 6.45) is 4.67. The van der Waals surface area contributed by atoms with E-state index >= 15 is 0 Å². The Kier molecular flexibility index (Phi) is 5.71. The van der Waals surface area contributed by atoms with Crippen LogP contribution in [0.25, 0.3) is 11.5 Å². The zero-order chi connectivity index (χ0) is 19.0. The Morgan fingerprint density at radius 1 is 1.32 bits per heavy atom. The van der Waals surface area contributed by atoms with Crippen molar-refractivity contribution in [3.05, 3.63) is 29.6 Å². The van der Waals surface area contributed by atoms with Gasteiger partial charge in [0.15, 0.2) is 5.82 Å². The predicted molar refractivity (Wildman–Crippen MR) is 106 cm³/mol. The molecular weight excluding hydrogens is 382 g/mol. The highest BCUT2D eigenvalue weighted by Crippen LogP contribution is 2.36. The number of amides is 2. The van der Waals surface area contributed by atoms with Crippen LogP contribution in [0, 0.1) is 0 Å². The first-order chi connectivity index (χ1) is 13.0. The Morgan fingerprint density at radius 3 is 2.79 bits per heavy atom. The lowest BCUT2D eigenvalue weighted by Crippen LogP contribution is -2.38. The van der Waals surface area contributed by atoms with Gasteiger partial charge in [-0.05, 0) is 43.0 Å². The van der Waals surface area contributed by atoms with Gasteiger partial charge in [0.05, 0.1) is 12.1 Å². The van der Waals surface area contributed by atoms with Crippen molar-refractivity contribution >= 4 is 29.9 Å². The molecule has 0 radical (unpaired) electrons. The second-order valence-electron chi connectivity index (χ2n) is 7.33. The van der Waals surface area contributed by atoms with Crippen LogP contribution < -0.4 is 16.0 Å². The SMILES string of the molecule is CC(=O)NCC(=O)N1CCc2cc(-c3nc(C4(N)CCCC4)no3)ccc21.Cl. The minimum absolute atomic E-state index is 0. The Bertz CT molecular complexity index is 891. The number of nitrogens with two attached hydrogens (primary N) is 1. The molecule has 150 valence electrons. The number of benzene rings is 1. The molecule has 9 heteroatoms. The fraction of sp³-hybridized carbons (Fsp3) is 0.474. The summed E-state index contributed by atoms with van der Waals surface area (Å²) in [5.41, 5.74) is 8.66. The van der Waals surface area contributed by atoms with E-state index in [0.29, 0.717) is 18.3 Å². The molecule has 0 unspecified atom stereocenters. The van der Waals surface area contributed by atoms with Gasteiger partial charge in [0, 0.05) is 24.7 Å². The average molecular weight is 406 g/mol. The molecule has 1 saturated carbocycles. The van der Waals surface area contributed by atoms with Crippen molar-refractivity contribution in [2.75, 3.05) is 18.0 Å². The molecule has 1 aromatic carbocycles. The monoisotopic (exact) mass is 405 g/mol. The number of carbonyl (C=O) groups is 2. The Balaban J connectivity index is 0.00000225. The molecule has 0 bridgehead atoms. The topological polar surface area (TPSA) is 114 Å². The van der Waals surface area contributed by atoms with E-state index in [2.05, 4.69) is 15.5 Å². The maximum atomic E-state index is 12.3. The Morgan fingerprint density at radius 2 is 2.07 bits per heavy atom. The third-order valence-corrected chi connectivity index (χ3v) is 5.38. The fourth-order valence-electron chi connectivity index (χ4n) is 3.86. The first kappa shape index (κ1) is 20.3. The number of anilines is 1. The van der Waals surface area contributed by atoms with Crippen LogP contribution in [0.5, 0.6) is 0 Å². The lowest BCUT2D eigenvalue weighted by molar-refractivity contribution is -0.123. The Labute approximate surface area is 169 Å². The summed E-state index contributed by atoms with van der Waals surface area (Å²) in [7, 11) is 0. The van der Waals surface area contributed by atoms with Gasteiger partial charge in [-0.15, -0.1) is 12.4 Å². The summed E-state index contributed by atoms with van der Waals surface area (Å²) in [6, 6.07) is 5.75. The molecule has 3 N–H and O–H groups in total. The number of rotatable bonds is 4. The molecule has 1 aliphatic heterocycles. The van der Waals surface area contributed by atoms with Gasteiger partial charge < -0.3 is 20.5 Å². The standard InChI is InChI=1S/C19H23N5O3.ClH/c1-12(25)21-11-16(26)24-9-6-13-10-14(4-5-15(13)24)17-22-18(23-27-17)19(20)7-2-3-8-19;/h4-5,10H,2-3,6-9,11,20H2,1H3,(H,21,25);1H. The van der Waals surface area contributed by atoms with E-state index in [9.17, 15) is 9.59 Å². The highest BCUT2D eigenvalue weighted by Gasteiger charge is 2.36. The van der Waals surface area contributed by atoms with Gasteiger partial charge in [-0.3, -0.25) is 9.59 Å². The van der Waals surface area contributed by atoms with Crippen molar-refractivity contribution in [1.29, 1.82) is 0 Å². The van der Waals surface area contributed by atoms with Crippen LogP contribution >= 0.6 is 12.4 Å². The first-order valence-corrected chi connectivity index (χ1v) is 9.27. The molecule has 1 fully saturated rings. The Hall–Kier alpha value is -2.45. The summed E-state index contributed by atoms with van der Waals surface area (Å²) in [5, 5.41) is 6.66. The van der Waals surface area contributed by atoms with Crippen LogP contribution in [0.3, 0.4) is 0 Å². The van der Waals surface area contributed by atoms with Gasteiger partial charge in [-0.2, -0.15) is 4.98 Å². The summed E-state index contributed by atoms with van der Waals surface area (Å²) in [6.45, 7) is 1.99. The van der Waals surface area contributed by atoms with Gasteiger partial charge in [-0.1, -0.05) is 18.0 Å². The normalized spacial score (nSPS) is 17.1. The molecular formula is C19H24ClN5O3. The molecule has 1 aliphatic carbocycles. The zero-order valence-electron chi connectivity index (χ0n) is 15.7. The predicted octanol–water partition coefficient (Wildman–Crippen LogP) is 1.91. The van der Waals surface area contributed by atoms with Crippen LogP contribution in [0.2, 0.25) is 0 Å². The zero-order valence-corrected chi connectivity index (χ0v) is 16.6. The summed E-state index contributed by atoms with van der Waals surface area (Å²) >= 11 is 0. The van der Waals surface area contributed by atoms with Crippen molar-refractivity contribution in [1.82, 2.24) is 15.5 Å². The number of aromatic nitrogens is 2. The number of hydrogen-bond acceptors (Lipinski definition) is 6. The first-order valence-electron chi connectivity index (χ1n) is 9.27. The number of fused-ring (bicyclic) bond motifs is 1. The maximum absolute atomic E-state index is 12.3. The number of halogens is 1. The van der Waals surface area contributed by atoms with Crippen LogP contribution in [0.1, 0.15) is 44.0 Å². The molecule has 2 heterocycles. The van der Waals surface area contributed by atoms with Crippen molar-refractivity contribution in [2.24, 2.45) is 5.73 Å². The van der Waals surface area contributed by atoms with E-state index in [1.807, 2.05) is 18.2 Å². The van der Waals surface area contributed by atoms with E-state index < -0.39 is 5.54 Å². The van der Waals surface area contributed by atoms with Crippen molar-refractivity contribution in [3.8, 4) is 11.5 Å². The largest absolute Gasteiger partial charge is 0.347 e. The third kappa shape index (κ3) is 3.74. The van der Waals surface area contributed by atoms with Crippen LogP contribution in [0.4, 0.5) is 5.69 Å². The van der Waals surface area contributed by atoms with E-state index in [0.717, 1.165) is 48.9 Å². The summed E-state index contributed by atoms with van der Waals surface area (Å²) in [5.74, 6) is 0.684. The van der Waals surface area contributed by atoms with Gasteiger partial charge in [0.1, 0.15) is 0 Å². The minimum atomic E-state index is -0.481. The number of carbonyl (C=O) groups excluding carboxylic acids is 2. The number of nitrogens with zero attached hydrogens (tertiary/aromatic N) is 3. The van der Waals surface area contributed by atoms with Gasteiger partial charge in [0.2, 0.25) is 11.8 Å². The molecule has 0 spiro atoms. The molecule has 2 aromatic rings. The second-order valence-corrected chi connectivity index (χ2v) is 7.33. The minimum Gasteiger partial charge on any atom is -0.347 e. The third-order valence-electron chi connectivity index (χ3n) is 5.38. The molecule has 8 nitrogen and oxygen atoms in total. The van der Waals surface area contributed by atoms with E-state index in [1.54, 1.807) is 4.90 Å². The average Bonchev–Trinajstić information content (AvgIpc) is 3.38. The molecule has 0 atom stereocenters. The van der Waals surface area contributed by atoms with Crippen molar-refractivity contribution < 1.29 is 14.1 Å². The van der Waals surface area contributed by atoms with Crippen LogP contribution in [-0.4, -0.2) is 35.0 Å². The molecule has 1 aromatic heterocycles. The molecule has 2 aliphatic rings. The molecule has 2 amide bonds. The molecule has 0 saturated heterocycles. The molecule has 4 rings (SSSR count). The van der Waals surface area contributed by atoms with Crippen LogP contribution in [0.15, 0.2) is 22.7 Å². The van der Waals surface area contributed by atoms with Crippen molar-refractivity contribution in [2.45, 2.75) is 44.6 Å². The van der Waals surface area contributed by atoms with Gasteiger partial charge >= 0.3 is 0 Å². The fourth-order valence-corrected chi connectivity index (χ4v) is 3.86. The maximum Gasteiger partial charge on any atom is 0.258 e. The van der Waals surface area contributed by atoms with E-state index in [1.165, 1.54) is 6.92 Å². The summed E-state index contributed by atoms with van der Waals surface area (Å²) in [4.78, 5) is 29.6. The van der Waals surface area contributed by atoms with Crippen LogP contribution in [-0.2, 0) is 21.5 Å². The van der Waals surface area contributed by atoms with Gasteiger partial charge in [-0.25, -0.2) is 0 Å². The second kappa shape index (κ2) is 7.89. The number of nitrogens with one attached hydrogen (secondary N) is 1. The molecule has 28 heavy (non-hydrogen) atoms.